The minimum Gasteiger partial charge on any atom is -0.310 e. The van der Waals surface area contributed by atoms with Gasteiger partial charge in [0.05, 0.1) is 16.7 Å². The molecule has 0 fully saturated rings. The van der Waals surface area contributed by atoms with Crippen molar-refractivity contribution in [3.63, 3.8) is 0 Å². The van der Waals surface area contributed by atoms with Gasteiger partial charge in [0.25, 0.3) is 0 Å². The molecule has 0 aliphatic rings. The van der Waals surface area contributed by atoms with Crippen molar-refractivity contribution in [2.45, 2.75) is 0 Å². The molecule has 0 spiro atoms. The number of nitrogens with zero attached hydrogens (tertiary/aromatic N) is 2. The molecule has 11 rings (SSSR count). The molecule has 0 bridgehead atoms. The molecule has 0 N–H and O–H groups in total. The zero-order chi connectivity index (χ0) is 41.2. The highest BCUT2D eigenvalue weighted by Crippen LogP contribution is 2.40. The average Bonchev–Trinajstić information content (AvgIpc) is 3.69. The number of aromatic nitrogens is 1. The van der Waals surface area contributed by atoms with E-state index in [1.165, 1.54) is 83.1 Å². The minimum absolute atomic E-state index is 1.09. The molecule has 0 radical (unpaired) electrons. The Kier molecular flexibility index (Phi) is 9.57. The van der Waals surface area contributed by atoms with E-state index < -0.39 is 0 Å². The Morgan fingerprint density at radius 3 is 1.13 bits per heavy atom. The first-order valence-corrected chi connectivity index (χ1v) is 21.3. The van der Waals surface area contributed by atoms with E-state index in [-0.39, 0.29) is 0 Å². The molecule has 0 aliphatic carbocycles. The van der Waals surface area contributed by atoms with Crippen LogP contribution in [-0.4, -0.2) is 4.57 Å². The van der Waals surface area contributed by atoms with Crippen molar-refractivity contribution in [1.29, 1.82) is 0 Å². The zero-order valence-electron chi connectivity index (χ0n) is 34.1. The first-order valence-electron chi connectivity index (χ1n) is 21.3. The van der Waals surface area contributed by atoms with Crippen molar-refractivity contribution in [2.75, 3.05) is 4.90 Å². The summed E-state index contributed by atoms with van der Waals surface area (Å²) in [5, 5.41) is 2.53. The van der Waals surface area contributed by atoms with Gasteiger partial charge in [-0.15, -0.1) is 0 Å². The maximum Gasteiger partial charge on any atom is 0.0541 e. The lowest BCUT2D eigenvalue weighted by Crippen LogP contribution is -2.10. The van der Waals surface area contributed by atoms with Crippen molar-refractivity contribution >= 4 is 38.9 Å². The van der Waals surface area contributed by atoms with Crippen molar-refractivity contribution in [2.24, 2.45) is 0 Å². The molecule has 0 saturated carbocycles. The second-order valence-corrected chi connectivity index (χ2v) is 15.8. The van der Waals surface area contributed by atoms with Gasteiger partial charge in [-0.25, -0.2) is 0 Å². The van der Waals surface area contributed by atoms with Gasteiger partial charge in [0, 0.05) is 33.4 Å². The standard InChI is InChI=1S/C60H42N2/c1-3-14-43(15-4-1)45-26-28-46(29-27-45)48-34-38-52(39-35-48)61(54-19-13-18-51(42-54)44-16-5-2-6-17-44)53-40-36-49(37-41-53)47-30-32-50(33-31-47)55-20-7-10-23-58(55)62-59-24-11-8-21-56(59)57-22-9-12-25-60(57)62/h1-42H. The van der Waals surface area contributed by atoms with Crippen molar-refractivity contribution in [3.8, 4) is 61.3 Å². The van der Waals surface area contributed by atoms with Crippen LogP contribution in [0.3, 0.4) is 0 Å². The van der Waals surface area contributed by atoms with Crippen molar-refractivity contribution < 1.29 is 0 Å². The molecule has 2 nitrogen and oxygen atoms in total. The highest BCUT2D eigenvalue weighted by atomic mass is 15.1. The lowest BCUT2D eigenvalue weighted by atomic mass is 9.98. The predicted octanol–water partition coefficient (Wildman–Crippen LogP) is 16.6. The molecule has 2 heteroatoms. The van der Waals surface area contributed by atoms with Gasteiger partial charge in [-0.3, -0.25) is 0 Å². The lowest BCUT2D eigenvalue weighted by molar-refractivity contribution is 1.18. The summed E-state index contributed by atoms with van der Waals surface area (Å²) >= 11 is 0. The fourth-order valence-electron chi connectivity index (χ4n) is 8.93. The summed E-state index contributed by atoms with van der Waals surface area (Å²) in [5.74, 6) is 0. The third-order valence-electron chi connectivity index (χ3n) is 12.0. The Hall–Kier alpha value is -8.20. The van der Waals surface area contributed by atoms with E-state index in [0.717, 1.165) is 17.1 Å². The van der Waals surface area contributed by atoms with Gasteiger partial charge < -0.3 is 9.47 Å². The van der Waals surface area contributed by atoms with Crippen LogP contribution in [0.25, 0.3) is 83.1 Å². The van der Waals surface area contributed by atoms with Crippen LogP contribution >= 0.6 is 0 Å². The molecule has 0 unspecified atom stereocenters. The van der Waals surface area contributed by atoms with Crippen molar-refractivity contribution in [1.82, 2.24) is 4.57 Å². The molecular weight excluding hydrogens is 749 g/mol. The van der Waals surface area contributed by atoms with E-state index in [1.807, 2.05) is 0 Å². The van der Waals surface area contributed by atoms with Crippen molar-refractivity contribution in [3.05, 3.63) is 255 Å². The summed E-state index contributed by atoms with van der Waals surface area (Å²) in [7, 11) is 0. The molecule has 1 aromatic heterocycles. The fourth-order valence-corrected chi connectivity index (χ4v) is 8.93. The first-order chi connectivity index (χ1) is 30.7. The fraction of sp³-hybridized carbons (Fsp3) is 0. The van der Waals surface area contributed by atoms with Crippen LogP contribution in [0.15, 0.2) is 255 Å². The third-order valence-corrected chi connectivity index (χ3v) is 12.0. The molecule has 11 aromatic rings. The third kappa shape index (κ3) is 6.94. The number of hydrogen-bond donors (Lipinski definition) is 0. The normalized spacial score (nSPS) is 11.2. The number of rotatable bonds is 9. The summed E-state index contributed by atoms with van der Waals surface area (Å²) in [6.45, 7) is 0. The number of hydrogen-bond acceptors (Lipinski definition) is 1. The molecule has 0 atom stereocenters. The molecule has 0 amide bonds. The molecular formula is C60H42N2. The number of para-hydroxylation sites is 3. The van der Waals surface area contributed by atoms with E-state index in [4.69, 9.17) is 0 Å². The average molecular weight is 791 g/mol. The Labute approximate surface area is 362 Å². The van der Waals surface area contributed by atoms with Crippen LogP contribution in [0.4, 0.5) is 17.1 Å². The summed E-state index contributed by atoms with van der Waals surface area (Å²) < 4.78 is 2.41. The molecule has 0 saturated heterocycles. The molecule has 0 aliphatic heterocycles. The van der Waals surface area contributed by atoms with Gasteiger partial charge in [-0.2, -0.15) is 0 Å². The Morgan fingerprint density at radius 1 is 0.242 bits per heavy atom. The van der Waals surface area contributed by atoms with E-state index in [0.29, 0.717) is 0 Å². The van der Waals surface area contributed by atoms with Crippen LogP contribution in [0.5, 0.6) is 0 Å². The lowest BCUT2D eigenvalue weighted by Gasteiger charge is -2.26. The number of benzene rings is 10. The predicted molar refractivity (Wildman–Crippen MR) is 263 cm³/mol. The van der Waals surface area contributed by atoms with Gasteiger partial charge in [-0.1, -0.05) is 200 Å². The topological polar surface area (TPSA) is 8.17 Å². The Balaban J connectivity index is 0.916. The van der Waals surface area contributed by atoms with Crippen LogP contribution in [0.2, 0.25) is 0 Å². The van der Waals surface area contributed by atoms with Gasteiger partial charge in [0.15, 0.2) is 0 Å². The number of anilines is 3. The summed E-state index contributed by atoms with van der Waals surface area (Å²) in [4.78, 5) is 2.35. The largest absolute Gasteiger partial charge is 0.310 e. The van der Waals surface area contributed by atoms with Gasteiger partial charge >= 0.3 is 0 Å². The van der Waals surface area contributed by atoms with Gasteiger partial charge in [-0.05, 0) is 105 Å². The Bertz CT molecular complexity index is 3240. The van der Waals surface area contributed by atoms with E-state index in [2.05, 4.69) is 264 Å². The molecule has 1 heterocycles. The van der Waals surface area contributed by atoms with Gasteiger partial charge in [0.1, 0.15) is 0 Å². The summed E-state index contributed by atoms with van der Waals surface area (Å²) in [5.41, 5.74) is 18.8. The number of fused-ring (bicyclic) bond motifs is 3. The van der Waals surface area contributed by atoms with Crippen LogP contribution < -0.4 is 4.90 Å². The minimum atomic E-state index is 1.09. The summed E-state index contributed by atoms with van der Waals surface area (Å²) in [6, 6.07) is 91.9. The summed E-state index contributed by atoms with van der Waals surface area (Å²) in [6.07, 6.45) is 0. The quantitative estimate of drug-likeness (QED) is 0.141. The Morgan fingerprint density at radius 2 is 0.613 bits per heavy atom. The van der Waals surface area contributed by atoms with Crippen LogP contribution in [-0.2, 0) is 0 Å². The van der Waals surface area contributed by atoms with Crippen LogP contribution in [0, 0.1) is 0 Å². The maximum absolute atomic E-state index is 2.41. The highest BCUT2D eigenvalue weighted by Gasteiger charge is 2.17. The monoisotopic (exact) mass is 790 g/mol. The highest BCUT2D eigenvalue weighted by molar-refractivity contribution is 6.09. The van der Waals surface area contributed by atoms with E-state index in [9.17, 15) is 0 Å². The van der Waals surface area contributed by atoms with Gasteiger partial charge in [0.2, 0.25) is 0 Å². The smallest absolute Gasteiger partial charge is 0.0541 e. The van der Waals surface area contributed by atoms with E-state index >= 15 is 0 Å². The zero-order valence-corrected chi connectivity index (χ0v) is 34.1. The molecule has 62 heavy (non-hydrogen) atoms. The SMILES string of the molecule is c1ccc(-c2ccc(-c3ccc(N(c4ccc(-c5ccc(-c6ccccc6-n6c7ccccc7c7ccccc76)cc5)cc4)c4cccc(-c5ccccc5)c4)cc3)cc2)cc1. The second kappa shape index (κ2) is 16.1. The van der Waals surface area contributed by atoms with Crippen LogP contribution in [0.1, 0.15) is 0 Å². The molecule has 292 valence electrons. The maximum atomic E-state index is 2.41. The molecule has 10 aromatic carbocycles. The second-order valence-electron chi connectivity index (χ2n) is 15.8. The van der Waals surface area contributed by atoms with E-state index in [1.54, 1.807) is 0 Å². The first kappa shape index (κ1) is 36.8.